The molecule has 0 heterocycles. The second-order valence-electron chi connectivity index (χ2n) is 4.45. The van der Waals surface area contributed by atoms with E-state index in [4.69, 9.17) is 10.5 Å². The Morgan fingerprint density at radius 1 is 1.41 bits per heavy atom. The van der Waals surface area contributed by atoms with Crippen LogP contribution in [0.2, 0.25) is 0 Å². The SMILES string of the molecule is CC[C@H](C)Oc1cccc([C@@](O)(CC)CN)c1. The summed E-state index contributed by atoms with van der Waals surface area (Å²) in [7, 11) is 0. The summed E-state index contributed by atoms with van der Waals surface area (Å²) in [5.41, 5.74) is 5.51. The van der Waals surface area contributed by atoms with Crippen LogP contribution in [0.5, 0.6) is 5.75 Å². The van der Waals surface area contributed by atoms with Crippen LogP contribution in [0.15, 0.2) is 24.3 Å². The Bertz CT molecular complexity index is 348. The molecule has 3 nitrogen and oxygen atoms in total. The molecule has 0 spiro atoms. The topological polar surface area (TPSA) is 55.5 Å². The Morgan fingerprint density at radius 3 is 2.65 bits per heavy atom. The van der Waals surface area contributed by atoms with Crippen LogP contribution in [0.4, 0.5) is 0 Å². The lowest BCUT2D eigenvalue weighted by atomic mass is 9.91. The molecule has 1 rings (SSSR count). The molecule has 1 aromatic carbocycles. The van der Waals surface area contributed by atoms with Crippen LogP contribution in [-0.2, 0) is 5.60 Å². The van der Waals surface area contributed by atoms with Crippen LogP contribution in [0.1, 0.15) is 39.2 Å². The maximum absolute atomic E-state index is 10.3. The summed E-state index contributed by atoms with van der Waals surface area (Å²) in [5.74, 6) is 0.789. The maximum Gasteiger partial charge on any atom is 0.120 e. The minimum Gasteiger partial charge on any atom is -0.491 e. The average molecular weight is 237 g/mol. The zero-order chi connectivity index (χ0) is 12.9. The van der Waals surface area contributed by atoms with Gasteiger partial charge in [-0.3, -0.25) is 0 Å². The van der Waals surface area contributed by atoms with Crippen LogP contribution < -0.4 is 10.5 Å². The van der Waals surface area contributed by atoms with Gasteiger partial charge >= 0.3 is 0 Å². The molecule has 17 heavy (non-hydrogen) atoms. The van der Waals surface area contributed by atoms with E-state index in [0.717, 1.165) is 17.7 Å². The molecule has 0 saturated carbocycles. The molecule has 0 aromatic heterocycles. The second-order valence-corrected chi connectivity index (χ2v) is 4.45. The predicted molar refractivity (Wildman–Crippen MR) is 70.1 cm³/mol. The van der Waals surface area contributed by atoms with Gasteiger partial charge in [0.1, 0.15) is 11.4 Å². The van der Waals surface area contributed by atoms with Gasteiger partial charge in [0.15, 0.2) is 0 Å². The van der Waals surface area contributed by atoms with Gasteiger partial charge < -0.3 is 15.6 Å². The third-order valence-electron chi connectivity index (χ3n) is 3.21. The van der Waals surface area contributed by atoms with Gasteiger partial charge in [0.05, 0.1) is 6.10 Å². The van der Waals surface area contributed by atoms with E-state index < -0.39 is 5.60 Å². The van der Waals surface area contributed by atoms with Gasteiger partial charge in [-0.2, -0.15) is 0 Å². The molecular weight excluding hydrogens is 214 g/mol. The van der Waals surface area contributed by atoms with E-state index in [-0.39, 0.29) is 12.6 Å². The molecule has 0 amide bonds. The van der Waals surface area contributed by atoms with Crippen molar-refractivity contribution >= 4 is 0 Å². The Balaban J connectivity index is 2.92. The lowest BCUT2D eigenvalue weighted by Crippen LogP contribution is -2.34. The largest absolute Gasteiger partial charge is 0.491 e. The summed E-state index contributed by atoms with van der Waals surface area (Å²) in [5, 5.41) is 10.3. The molecule has 0 aliphatic rings. The molecule has 96 valence electrons. The smallest absolute Gasteiger partial charge is 0.120 e. The minimum absolute atomic E-state index is 0.179. The quantitative estimate of drug-likeness (QED) is 0.799. The standard InChI is InChI=1S/C14H23NO2/c1-4-11(3)17-13-8-6-7-12(9-13)14(16,5-2)10-15/h6-9,11,16H,4-5,10,15H2,1-3H3/t11-,14+/m0/s1. The van der Waals surface area contributed by atoms with Crippen molar-refractivity contribution in [2.24, 2.45) is 5.73 Å². The highest BCUT2D eigenvalue weighted by molar-refractivity contribution is 5.32. The molecule has 0 unspecified atom stereocenters. The number of ether oxygens (including phenoxy) is 1. The van der Waals surface area contributed by atoms with Crippen molar-refractivity contribution in [3.63, 3.8) is 0 Å². The molecule has 3 N–H and O–H groups in total. The summed E-state index contributed by atoms with van der Waals surface area (Å²) in [4.78, 5) is 0. The molecule has 0 aliphatic heterocycles. The molecule has 0 fully saturated rings. The highest BCUT2D eigenvalue weighted by atomic mass is 16.5. The number of hydrogen-bond acceptors (Lipinski definition) is 3. The molecular formula is C14H23NO2. The number of benzene rings is 1. The van der Waals surface area contributed by atoms with Crippen molar-refractivity contribution in [1.29, 1.82) is 0 Å². The molecule has 0 aliphatic carbocycles. The summed E-state index contributed by atoms with van der Waals surface area (Å²) in [6, 6.07) is 7.56. The van der Waals surface area contributed by atoms with Crippen molar-refractivity contribution in [3.8, 4) is 5.75 Å². The lowest BCUT2D eigenvalue weighted by molar-refractivity contribution is 0.0414. The van der Waals surface area contributed by atoms with Crippen LogP contribution in [-0.4, -0.2) is 17.8 Å². The first-order valence-electron chi connectivity index (χ1n) is 6.25. The van der Waals surface area contributed by atoms with E-state index in [0.29, 0.717) is 6.42 Å². The van der Waals surface area contributed by atoms with Crippen molar-refractivity contribution < 1.29 is 9.84 Å². The number of nitrogens with two attached hydrogens (primary N) is 1. The lowest BCUT2D eigenvalue weighted by Gasteiger charge is -2.26. The summed E-state index contributed by atoms with van der Waals surface area (Å²) in [6.07, 6.45) is 1.73. The maximum atomic E-state index is 10.3. The monoisotopic (exact) mass is 237 g/mol. The zero-order valence-electron chi connectivity index (χ0n) is 10.9. The van der Waals surface area contributed by atoms with E-state index in [2.05, 4.69) is 6.92 Å². The molecule has 3 heteroatoms. The fraction of sp³-hybridized carbons (Fsp3) is 0.571. The summed E-state index contributed by atoms with van der Waals surface area (Å²) < 4.78 is 5.74. The summed E-state index contributed by atoms with van der Waals surface area (Å²) in [6.45, 7) is 6.25. The molecule has 0 saturated heterocycles. The Kier molecular flexibility index (Phi) is 4.97. The Labute approximate surface area is 104 Å². The first-order chi connectivity index (χ1) is 8.05. The minimum atomic E-state index is -0.950. The molecule has 0 bridgehead atoms. The van der Waals surface area contributed by atoms with Crippen LogP contribution in [0.25, 0.3) is 0 Å². The van der Waals surface area contributed by atoms with Crippen molar-refractivity contribution in [2.75, 3.05) is 6.54 Å². The van der Waals surface area contributed by atoms with E-state index in [1.165, 1.54) is 0 Å². The molecule has 1 aromatic rings. The van der Waals surface area contributed by atoms with Gasteiger partial charge in [0, 0.05) is 6.54 Å². The third-order valence-corrected chi connectivity index (χ3v) is 3.21. The van der Waals surface area contributed by atoms with E-state index in [1.54, 1.807) is 0 Å². The highest BCUT2D eigenvalue weighted by Gasteiger charge is 2.25. The fourth-order valence-electron chi connectivity index (χ4n) is 1.64. The Hall–Kier alpha value is -1.06. The van der Waals surface area contributed by atoms with Crippen molar-refractivity contribution in [3.05, 3.63) is 29.8 Å². The van der Waals surface area contributed by atoms with Gasteiger partial charge in [-0.15, -0.1) is 0 Å². The van der Waals surface area contributed by atoms with Crippen LogP contribution >= 0.6 is 0 Å². The number of rotatable bonds is 6. The average Bonchev–Trinajstić information content (AvgIpc) is 2.38. The fourth-order valence-corrected chi connectivity index (χ4v) is 1.64. The number of aliphatic hydroxyl groups is 1. The van der Waals surface area contributed by atoms with E-state index in [9.17, 15) is 5.11 Å². The number of hydrogen-bond donors (Lipinski definition) is 2. The Morgan fingerprint density at radius 2 is 2.12 bits per heavy atom. The van der Waals surface area contributed by atoms with Crippen LogP contribution in [0, 0.1) is 0 Å². The molecule has 0 radical (unpaired) electrons. The van der Waals surface area contributed by atoms with Crippen LogP contribution in [0.3, 0.4) is 0 Å². The van der Waals surface area contributed by atoms with Gasteiger partial charge in [-0.25, -0.2) is 0 Å². The van der Waals surface area contributed by atoms with Crippen molar-refractivity contribution in [2.45, 2.75) is 45.3 Å². The predicted octanol–water partition coefficient (Wildman–Crippen LogP) is 2.42. The molecule has 2 atom stereocenters. The first-order valence-corrected chi connectivity index (χ1v) is 6.25. The van der Waals surface area contributed by atoms with Gasteiger partial charge in [0.2, 0.25) is 0 Å². The zero-order valence-corrected chi connectivity index (χ0v) is 10.9. The van der Waals surface area contributed by atoms with Gasteiger partial charge in [-0.05, 0) is 37.5 Å². The summed E-state index contributed by atoms with van der Waals surface area (Å²) >= 11 is 0. The van der Waals surface area contributed by atoms with Gasteiger partial charge in [-0.1, -0.05) is 26.0 Å². The third kappa shape index (κ3) is 3.45. The highest BCUT2D eigenvalue weighted by Crippen LogP contribution is 2.27. The van der Waals surface area contributed by atoms with E-state index in [1.807, 2.05) is 38.1 Å². The van der Waals surface area contributed by atoms with Gasteiger partial charge in [0.25, 0.3) is 0 Å². The van der Waals surface area contributed by atoms with Crippen molar-refractivity contribution in [1.82, 2.24) is 0 Å². The normalized spacial score (nSPS) is 16.3. The van der Waals surface area contributed by atoms with E-state index >= 15 is 0 Å². The second kappa shape index (κ2) is 6.03. The first kappa shape index (κ1) is 14.0.